The van der Waals surface area contributed by atoms with Crippen molar-refractivity contribution in [2.45, 2.75) is 45.1 Å². The summed E-state index contributed by atoms with van der Waals surface area (Å²) in [6, 6.07) is 4.61. The van der Waals surface area contributed by atoms with Crippen LogP contribution in [0.25, 0.3) is 0 Å². The monoisotopic (exact) mass is 263 g/mol. The lowest BCUT2D eigenvalue weighted by atomic mass is 9.82. The topological polar surface area (TPSA) is 44.5 Å². The Hall–Kier alpha value is -1.22. The quantitative estimate of drug-likeness (QED) is 0.908. The van der Waals surface area contributed by atoms with E-state index in [1.165, 1.54) is 18.4 Å². The molecule has 0 saturated heterocycles. The summed E-state index contributed by atoms with van der Waals surface area (Å²) < 4.78 is 10.9. The maximum atomic E-state index is 5.97. The summed E-state index contributed by atoms with van der Waals surface area (Å²) in [6.07, 6.45) is 5.81. The average molecular weight is 263 g/mol. The first-order valence-corrected chi connectivity index (χ1v) is 7.11. The van der Waals surface area contributed by atoms with Crippen molar-refractivity contribution < 1.29 is 9.47 Å². The molecule has 0 aliphatic heterocycles. The maximum absolute atomic E-state index is 5.97. The normalized spacial score (nSPS) is 23.2. The second-order valence-corrected chi connectivity index (χ2v) is 5.62. The zero-order valence-corrected chi connectivity index (χ0v) is 12.2. The van der Waals surface area contributed by atoms with Gasteiger partial charge in [0.15, 0.2) is 0 Å². The molecule has 1 aliphatic rings. The molecule has 0 amide bonds. The van der Waals surface area contributed by atoms with Crippen LogP contribution in [0.15, 0.2) is 12.1 Å². The van der Waals surface area contributed by atoms with E-state index in [0.717, 1.165) is 42.2 Å². The van der Waals surface area contributed by atoms with Crippen LogP contribution in [0.5, 0.6) is 11.5 Å². The average Bonchev–Trinajstić information content (AvgIpc) is 2.42. The Labute approximate surface area is 116 Å². The molecule has 0 radical (unpaired) electrons. The highest BCUT2D eigenvalue weighted by Crippen LogP contribution is 2.33. The molecular formula is C16H25NO2. The van der Waals surface area contributed by atoms with E-state index in [4.69, 9.17) is 15.2 Å². The van der Waals surface area contributed by atoms with Crippen molar-refractivity contribution in [3.05, 3.63) is 23.3 Å². The highest BCUT2D eigenvalue weighted by Gasteiger charge is 2.20. The minimum absolute atomic E-state index is 0.408. The summed E-state index contributed by atoms with van der Waals surface area (Å²) in [5.74, 6) is 2.65. The Morgan fingerprint density at radius 2 is 1.68 bits per heavy atom. The van der Waals surface area contributed by atoms with Crippen molar-refractivity contribution in [2.24, 2.45) is 11.7 Å². The zero-order valence-electron chi connectivity index (χ0n) is 12.2. The van der Waals surface area contributed by atoms with Crippen LogP contribution in [-0.2, 0) is 6.42 Å². The Bertz CT molecular complexity index is 423. The van der Waals surface area contributed by atoms with Crippen molar-refractivity contribution in [1.82, 2.24) is 0 Å². The first-order chi connectivity index (χ1) is 9.13. The van der Waals surface area contributed by atoms with Crippen molar-refractivity contribution in [3.63, 3.8) is 0 Å². The van der Waals surface area contributed by atoms with Gasteiger partial charge in [0, 0.05) is 6.04 Å². The van der Waals surface area contributed by atoms with Gasteiger partial charge in [-0.3, -0.25) is 0 Å². The largest absolute Gasteiger partial charge is 0.496 e. The van der Waals surface area contributed by atoms with Gasteiger partial charge in [-0.05, 0) is 68.2 Å². The molecule has 0 bridgehead atoms. The number of hydrogen-bond acceptors (Lipinski definition) is 3. The van der Waals surface area contributed by atoms with Gasteiger partial charge in [0.1, 0.15) is 11.5 Å². The fraction of sp³-hybridized carbons (Fsp3) is 0.625. The third-order valence-corrected chi connectivity index (χ3v) is 4.20. The molecule has 0 aromatic heterocycles. The van der Waals surface area contributed by atoms with E-state index in [0.29, 0.717) is 6.04 Å². The highest BCUT2D eigenvalue weighted by molar-refractivity contribution is 5.46. The van der Waals surface area contributed by atoms with E-state index >= 15 is 0 Å². The summed E-state index contributed by atoms with van der Waals surface area (Å²) in [5.41, 5.74) is 8.34. The molecule has 1 fully saturated rings. The number of ether oxygens (including phenoxy) is 2. The molecule has 1 aromatic carbocycles. The summed E-state index contributed by atoms with van der Waals surface area (Å²) in [5, 5.41) is 0. The first kappa shape index (κ1) is 14.2. The van der Waals surface area contributed by atoms with Crippen LogP contribution in [0.1, 0.15) is 36.8 Å². The van der Waals surface area contributed by atoms with E-state index in [1.807, 2.05) is 6.92 Å². The standard InChI is InChI=1S/C16H25NO2/c1-11-8-16(19-3)13(10-15(11)18-2)9-12-4-6-14(17)7-5-12/h8,10,12,14H,4-7,9,17H2,1-3H3. The van der Waals surface area contributed by atoms with Crippen LogP contribution in [0.4, 0.5) is 0 Å². The summed E-state index contributed by atoms with van der Waals surface area (Å²) >= 11 is 0. The Balaban J connectivity index is 2.14. The third-order valence-electron chi connectivity index (χ3n) is 4.20. The number of aryl methyl sites for hydroxylation is 1. The Morgan fingerprint density at radius 3 is 2.26 bits per heavy atom. The van der Waals surface area contributed by atoms with Gasteiger partial charge in [0.05, 0.1) is 14.2 Å². The zero-order chi connectivity index (χ0) is 13.8. The number of rotatable bonds is 4. The third kappa shape index (κ3) is 3.41. The van der Waals surface area contributed by atoms with Crippen molar-refractivity contribution in [2.75, 3.05) is 14.2 Å². The predicted molar refractivity (Wildman–Crippen MR) is 77.9 cm³/mol. The lowest BCUT2D eigenvalue weighted by Gasteiger charge is -2.26. The number of methoxy groups -OCH3 is 2. The van der Waals surface area contributed by atoms with Crippen LogP contribution >= 0.6 is 0 Å². The van der Waals surface area contributed by atoms with Gasteiger partial charge < -0.3 is 15.2 Å². The first-order valence-electron chi connectivity index (χ1n) is 7.11. The SMILES string of the molecule is COc1cc(CC2CCC(N)CC2)c(OC)cc1C. The molecule has 3 nitrogen and oxygen atoms in total. The van der Waals surface area contributed by atoms with Crippen LogP contribution in [0.3, 0.4) is 0 Å². The molecular weight excluding hydrogens is 238 g/mol. The van der Waals surface area contributed by atoms with Crippen molar-refractivity contribution in [3.8, 4) is 11.5 Å². The van der Waals surface area contributed by atoms with E-state index < -0.39 is 0 Å². The number of nitrogens with two attached hydrogens (primary N) is 1. The fourth-order valence-corrected chi connectivity index (χ4v) is 2.98. The molecule has 1 aromatic rings. The van der Waals surface area contributed by atoms with Gasteiger partial charge in [-0.2, -0.15) is 0 Å². The predicted octanol–water partition coefficient (Wildman–Crippen LogP) is 3.07. The van der Waals surface area contributed by atoms with Gasteiger partial charge in [-0.1, -0.05) is 0 Å². The molecule has 2 rings (SSSR count). The van der Waals surface area contributed by atoms with Crippen molar-refractivity contribution in [1.29, 1.82) is 0 Å². The minimum atomic E-state index is 0.408. The van der Waals surface area contributed by atoms with Gasteiger partial charge in [-0.25, -0.2) is 0 Å². The lowest BCUT2D eigenvalue weighted by molar-refractivity contribution is 0.319. The molecule has 3 heteroatoms. The molecule has 19 heavy (non-hydrogen) atoms. The molecule has 0 unspecified atom stereocenters. The molecule has 0 heterocycles. The summed E-state index contributed by atoms with van der Waals surface area (Å²) in [4.78, 5) is 0. The highest BCUT2D eigenvalue weighted by atomic mass is 16.5. The van der Waals surface area contributed by atoms with Crippen LogP contribution in [0.2, 0.25) is 0 Å². The Kier molecular flexibility index (Phi) is 4.70. The van der Waals surface area contributed by atoms with E-state index in [2.05, 4.69) is 12.1 Å². The molecule has 2 N–H and O–H groups in total. The fourth-order valence-electron chi connectivity index (χ4n) is 2.98. The molecule has 0 spiro atoms. The van der Waals surface area contributed by atoms with Gasteiger partial charge >= 0.3 is 0 Å². The van der Waals surface area contributed by atoms with E-state index in [1.54, 1.807) is 14.2 Å². The second kappa shape index (κ2) is 6.29. The van der Waals surface area contributed by atoms with Gasteiger partial charge in [0.25, 0.3) is 0 Å². The molecule has 106 valence electrons. The molecule has 1 aliphatic carbocycles. The maximum Gasteiger partial charge on any atom is 0.122 e. The lowest BCUT2D eigenvalue weighted by Crippen LogP contribution is -2.27. The van der Waals surface area contributed by atoms with E-state index in [-0.39, 0.29) is 0 Å². The van der Waals surface area contributed by atoms with Crippen molar-refractivity contribution >= 4 is 0 Å². The van der Waals surface area contributed by atoms with Gasteiger partial charge in [0.2, 0.25) is 0 Å². The minimum Gasteiger partial charge on any atom is -0.496 e. The molecule has 1 saturated carbocycles. The summed E-state index contributed by atoms with van der Waals surface area (Å²) in [6.45, 7) is 2.05. The second-order valence-electron chi connectivity index (χ2n) is 5.62. The Morgan fingerprint density at radius 1 is 1.05 bits per heavy atom. The number of benzene rings is 1. The summed E-state index contributed by atoms with van der Waals surface area (Å²) in [7, 11) is 3.46. The smallest absolute Gasteiger partial charge is 0.122 e. The van der Waals surface area contributed by atoms with Crippen LogP contribution in [-0.4, -0.2) is 20.3 Å². The van der Waals surface area contributed by atoms with Crippen LogP contribution in [0, 0.1) is 12.8 Å². The van der Waals surface area contributed by atoms with Gasteiger partial charge in [-0.15, -0.1) is 0 Å². The van der Waals surface area contributed by atoms with E-state index in [9.17, 15) is 0 Å². The van der Waals surface area contributed by atoms with Crippen LogP contribution < -0.4 is 15.2 Å². The number of hydrogen-bond donors (Lipinski definition) is 1. The molecule has 0 atom stereocenters.